The molecule has 3 aromatic heterocycles. The minimum absolute atomic E-state index is 0.0314. The van der Waals surface area contributed by atoms with E-state index in [1.165, 1.54) is 35.0 Å². The number of nitrogens with zero attached hydrogens (tertiary/aromatic N) is 5. The molecule has 5 rings (SSSR count). The van der Waals surface area contributed by atoms with Gasteiger partial charge in [-0.1, -0.05) is 12.1 Å². The monoisotopic (exact) mass is 521 g/mol. The molecule has 13 heteroatoms. The Balaban J connectivity index is 1.42. The van der Waals surface area contributed by atoms with Crippen LogP contribution < -0.4 is 15.7 Å². The van der Waals surface area contributed by atoms with Crippen LogP contribution in [0.1, 0.15) is 43.1 Å². The molecule has 1 aliphatic rings. The first kappa shape index (κ1) is 25.0. The van der Waals surface area contributed by atoms with Crippen LogP contribution >= 0.6 is 0 Å². The first-order valence-corrected chi connectivity index (χ1v) is 12.3. The maximum Gasteiger partial charge on any atom is 0.419 e. The average molecular weight is 522 g/mol. The quantitative estimate of drug-likeness (QED) is 0.347. The molecule has 1 aromatic carbocycles. The minimum Gasteiger partial charge on any atom is -0.495 e. The van der Waals surface area contributed by atoms with Crippen molar-refractivity contribution in [3.8, 4) is 11.4 Å². The molecule has 3 heterocycles. The van der Waals surface area contributed by atoms with E-state index in [2.05, 4.69) is 25.3 Å². The van der Waals surface area contributed by atoms with Crippen molar-refractivity contribution in [2.24, 2.45) is 0 Å². The summed E-state index contributed by atoms with van der Waals surface area (Å²) in [4.78, 5) is 53.5. The van der Waals surface area contributed by atoms with Crippen molar-refractivity contribution in [1.29, 1.82) is 0 Å². The highest BCUT2D eigenvalue weighted by molar-refractivity contribution is 5.99. The summed E-state index contributed by atoms with van der Waals surface area (Å²) in [6, 6.07) is 6.98. The van der Waals surface area contributed by atoms with Crippen LogP contribution in [0.2, 0.25) is 0 Å². The standard InChI is InChI=1S/C25H27N7O6/c1-3-37-22(33)20-19-21(32(24(34)29-19)17-6-4-5-7-18(17)36-2)30-23(28-20)27-15-8-10-16(11-9-15)38-25(35)31-13-12-26-14-31/h4-7,12-16H,3,8-11H2,1-2H3,(H,29,34)(H,27,28,30)/t15-,16-. The molecule has 0 saturated heterocycles. The maximum absolute atomic E-state index is 13.0. The van der Waals surface area contributed by atoms with Crippen molar-refractivity contribution >= 4 is 29.2 Å². The lowest BCUT2D eigenvalue weighted by Crippen LogP contribution is -2.32. The lowest BCUT2D eigenvalue weighted by molar-refractivity contribution is 0.0521. The van der Waals surface area contributed by atoms with Gasteiger partial charge < -0.3 is 24.5 Å². The third-order valence-corrected chi connectivity index (χ3v) is 6.32. The number of ether oxygens (including phenoxy) is 3. The van der Waals surface area contributed by atoms with E-state index in [0.717, 1.165) is 0 Å². The summed E-state index contributed by atoms with van der Waals surface area (Å²) in [5.74, 6) is -0.0292. The third kappa shape index (κ3) is 4.94. The topological polar surface area (TPSA) is 155 Å². The zero-order valence-corrected chi connectivity index (χ0v) is 20.9. The van der Waals surface area contributed by atoms with Crippen LogP contribution in [-0.2, 0) is 9.47 Å². The fourth-order valence-electron chi connectivity index (χ4n) is 4.51. The van der Waals surface area contributed by atoms with Gasteiger partial charge in [-0.3, -0.25) is 0 Å². The number of para-hydroxylation sites is 2. The van der Waals surface area contributed by atoms with Crippen molar-refractivity contribution in [3.05, 3.63) is 59.2 Å². The van der Waals surface area contributed by atoms with Gasteiger partial charge in [0, 0.05) is 18.4 Å². The van der Waals surface area contributed by atoms with E-state index in [4.69, 9.17) is 14.2 Å². The predicted octanol–water partition coefficient (Wildman–Crippen LogP) is 2.90. The van der Waals surface area contributed by atoms with E-state index >= 15 is 0 Å². The molecule has 2 N–H and O–H groups in total. The molecule has 0 aliphatic heterocycles. The molecule has 0 amide bonds. The van der Waals surface area contributed by atoms with E-state index in [-0.39, 0.29) is 41.6 Å². The number of methoxy groups -OCH3 is 1. The highest BCUT2D eigenvalue weighted by atomic mass is 16.6. The van der Waals surface area contributed by atoms with Crippen LogP contribution in [0, 0.1) is 0 Å². The lowest BCUT2D eigenvalue weighted by atomic mass is 9.93. The van der Waals surface area contributed by atoms with Crippen molar-refractivity contribution in [3.63, 3.8) is 0 Å². The van der Waals surface area contributed by atoms with Crippen LogP contribution in [0.15, 0.2) is 47.8 Å². The second-order valence-corrected chi connectivity index (χ2v) is 8.72. The fourth-order valence-corrected chi connectivity index (χ4v) is 4.51. The number of aromatic amines is 1. The molecular weight excluding hydrogens is 494 g/mol. The van der Waals surface area contributed by atoms with Crippen molar-refractivity contribution in [2.45, 2.75) is 44.8 Å². The molecule has 0 spiro atoms. The normalized spacial score (nSPS) is 17.2. The summed E-state index contributed by atoms with van der Waals surface area (Å²) in [6.07, 6.45) is 6.42. The van der Waals surface area contributed by atoms with Crippen molar-refractivity contribution < 1.29 is 23.8 Å². The highest BCUT2D eigenvalue weighted by Crippen LogP contribution is 2.27. The fraction of sp³-hybridized carbons (Fsp3) is 0.360. The molecular formula is C25H27N7O6. The van der Waals surface area contributed by atoms with Crippen LogP contribution in [0.5, 0.6) is 5.75 Å². The number of H-pyrrole nitrogens is 1. The molecule has 0 atom stereocenters. The summed E-state index contributed by atoms with van der Waals surface area (Å²) in [5, 5.41) is 3.28. The number of rotatable bonds is 7. The summed E-state index contributed by atoms with van der Waals surface area (Å²) >= 11 is 0. The Kier molecular flexibility index (Phi) is 7.07. The smallest absolute Gasteiger partial charge is 0.419 e. The Bertz CT molecular complexity index is 1500. The van der Waals surface area contributed by atoms with Crippen LogP contribution in [0.3, 0.4) is 0 Å². The van der Waals surface area contributed by atoms with Crippen molar-refractivity contribution in [1.82, 2.24) is 29.1 Å². The molecule has 0 radical (unpaired) electrons. The average Bonchev–Trinajstić information content (AvgIpc) is 3.57. The maximum atomic E-state index is 13.0. The molecule has 1 fully saturated rings. The molecule has 198 valence electrons. The Morgan fingerprint density at radius 1 is 1.16 bits per heavy atom. The van der Waals surface area contributed by atoms with Gasteiger partial charge in [0.05, 0.1) is 19.4 Å². The number of carbonyl (C=O) groups is 2. The number of imidazole rings is 2. The Hall–Kier alpha value is -4.68. The molecule has 4 aromatic rings. The number of hydrogen-bond acceptors (Lipinski definition) is 10. The van der Waals surface area contributed by atoms with Crippen LogP contribution in [-0.4, -0.2) is 67.0 Å². The molecule has 0 unspecified atom stereocenters. The Morgan fingerprint density at radius 3 is 2.66 bits per heavy atom. The number of anilines is 1. The molecule has 38 heavy (non-hydrogen) atoms. The lowest BCUT2D eigenvalue weighted by Gasteiger charge is -2.28. The van der Waals surface area contributed by atoms with Gasteiger partial charge in [0.2, 0.25) is 5.95 Å². The second-order valence-electron chi connectivity index (χ2n) is 8.72. The molecule has 13 nitrogen and oxygen atoms in total. The first-order chi connectivity index (χ1) is 18.5. The Morgan fingerprint density at radius 2 is 1.95 bits per heavy atom. The number of nitrogens with one attached hydrogen (secondary N) is 2. The van der Waals surface area contributed by atoms with Crippen molar-refractivity contribution in [2.75, 3.05) is 19.0 Å². The van der Waals surface area contributed by atoms with E-state index in [1.807, 2.05) is 0 Å². The van der Waals surface area contributed by atoms with Gasteiger partial charge >= 0.3 is 17.8 Å². The summed E-state index contributed by atoms with van der Waals surface area (Å²) in [6.45, 7) is 1.84. The molecule has 1 aliphatic carbocycles. The number of aromatic nitrogens is 6. The van der Waals surface area contributed by atoms with Gasteiger partial charge in [0.15, 0.2) is 11.3 Å². The van der Waals surface area contributed by atoms with Gasteiger partial charge in [-0.2, -0.15) is 4.98 Å². The number of carbonyl (C=O) groups excluding carboxylic acids is 2. The zero-order chi connectivity index (χ0) is 26.6. The third-order valence-electron chi connectivity index (χ3n) is 6.32. The number of fused-ring (bicyclic) bond motifs is 1. The molecule has 1 saturated carbocycles. The van der Waals surface area contributed by atoms with Gasteiger partial charge in [0.1, 0.15) is 23.7 Å². The SMILES string of the molecule is CCOC(=O)c1nc(N[C@H]2CC[C@H](OC(=O)n3ccnc3)CC2)nc2c1[nH]c(=O)n2-c1ccccc1OC. The largest absolute Gasteiger partial charge is 0.495 e. The van der Waals surface area contributed by atoms with Gasteiger partial charge in [-0.25, -0.2) is 33.5 Å². The summed E-state index contributed by atoms with van der Waals surface area (Å²) < 4.78 is 18.8. The first-order valence-electron chi connectivity index (χ1n) is 12.3. The van der Waals surface area contributed by atoms with Gasteiger partial charge in [-0.05, 0) is 44.7 Å². The molecule has 0 bridgehead atoms. The summed E-state index contributed by atoms with van der Waals surface area (Å²) in [5.41, 5.74) is 0.295. The van der Waals surface area contributed by atoms with E-state index in [9.17, 15) is 14.4 Å². The number of hydrogen-bond donors (Lipinski definition) is 2. The van der Waals surface area contributed by atoms with Gasteiger partial charge in [-0.15, -0.1) is 0 Å². The van der Waals surface area contributed by atoms with E-state index < -0.39 is 17.8 Å². The second kappa shape index (κ2) is 10.7. The predicted molar refractivity (Wildman–Crippen MR) is 136 cm³/mol. The van der Waals surface area contributed by atoms with Gasteiger partial charge in [0.25, 0.3) is 0 Å². The minimum atomic E-state index is -0.675. The Labute approximate surface area is 216 Å². The van der Waals surface area contributed by atoms with Crippen LogP contribution in [0.25, 0.3) is 16.9 Å². The zero-order valence-electron chi connectivity index (χ0n) is 20.9. The highest BCUT2D eigenvalue weighted by Gasteiger charge is 2.27. The van der Waals surface area contributed by atoms with E-state index in [0.29, 0.717) is 37.1 Å². The summed E-state index contributed by atoms with van der Waals surface area (Å²) in [7, 11) is 1.51. The van der Waals surface area contributed by atoms with E-state index in [1.54, 1.807) is 31.2 Å². The number of benzene rings is 1. The number of esters is 1. The van der Waals surface area contributed by atoms with Crippen LogP contribution in [0.4, 0.5) is 10.7 Å².